The van der Waals surface area contributed by atoms with E-state index in [1.165, 1.54) is 24.8 Å². The number of H-pyrrole nitrogens is 1. The van der Waals surface area contributed by atoms with Crippen LogP contribution in [0.4, 0.5) is 0 Å². The first kappa shape index (κ1) is 24.1. The predicted molar refractivity (Wildman–Crippen MR) is 136 cm³/mol. The summed E-state index contributed by atoms with van der Waals surface area (Å²) in [6.45, 7) is 8.63. The lowest BCUT2D eigenvalue weighted by Gasteiger charge is -2.41. The van der Waals surface area contributed by atoms with Gasteiger partial charge >= 0.3 is 0 Å². The fraction of sp³-hybridized carbons (Fsp3) is 0.630. The quantitative estimate of drug-likeness (QED) is 0.512. The number of benzene rings is 1. The average molecular weight is 479 g/mol. The van der Waals surface area contributed by atoms with E-state index in [1.54, 1.807) is 0 Å². The van der Waals surface area contributed by atoms with E-state index in [4.69, 9.17) is 4.74 Å². The molecule has 1 saturated heterocycles. The Kier molecular flexibility index (Phi) is 7.29. The van der Waals surface area contributed by atoms with Gasteiger partial charge in [-0.25, -0.2) is 4.68 Å². The summed E-state index contributed by atoms with van der Waals surface area (Å²) in [7, 11) is 0. The van der Waals surface area contributed by atoms with Crippen LogP contribution >= 0.6 is 0 Å². The van der Waals surface area contributed by atoms with E-state index >= 15 is 0 Å². The van der Waals surface area contributed by atoms with Crippen molar-refractivity contribution in [3.05, 3.63) is 51.6 Å². The minimum absolute atomic E-state index is 0.0105. The molecule has 0 spiro atoms. The second kappa shape index (κ2) is 10.6. The van der Waals surface area contributed by atoms with Gasteiger partial charge in [-0.15, -0.1) is 5.10 Å². The molecule has 8 heteroatoms. The number of ether oxygens (including phenoxy) is 1. The molecule has 0 amide bonds. The van der Waals surface area contributed by atoms with Crippen LogP contribution in [0.3, 0.4) is 0 Å². The molecular formula is C27H38N6O2. The van der Waals surface area contributed by atoms with E-state index in [1.807, 2.05) is 16.8 Å². The summed E-state index contributed by atoms with van der Waals surface area (Å²) in [5, 5.41) is 14.1. The molecule has 188 valence electrons. The number of pyridine rings is 1. The SMILES string of the molecule is Cc1ccc2[nH]c(=O)c(CN(C3CCCCC3)[C@@H](c3nnnn3C[C@@H]3CCCO3)C(C)C)cc2c1. The van der Waals surface area contributed by atoms with Gasteiger partial charge in [-0.05, 0) is 72.5 Å². The lowest BCUT2D eigenvalue weighted by atomic mass is 9.90. The molecule has 2 aromatic heterocycles. The molecule has 2 fully saturated rings. The first-order valence-corrected chi connectivity index (χ1v) is 13.3. The van der Waals surface area contributed by atoms with Crippen molar-refractivity contribution in [1.82, 2.24) is 30.1 Å². The van der Waals surface area contributed by atoms with Gasteiger partial charge in [-0.1, -0.05) is 44.7 Å². The average Bonchev–Trinajstić information content (AvgIpc) is 3.52. The number of rotatable bonds is 8. The number of tetrazole rings is 1. The molecule has 5 rings (SSSR count). The van der Waals surface area contributed by atoms with E-state index in [0.717, 1.165) is 54.6 Å². The van der Waals surface area contributed by atoms with Gasteiger partial charge in [0.25, 0.3) is 5.56 Å². The number of hydrogen-bond acceptors (Lipinski definition) is 6. The van der Waals surface area contributed by atoms with Crippen molar-refractivity contribution in [1.29, 1.82) is 0 Å². The standard InChI is InChI=1S/C27H38N6O2/c1-18(2)25(26-29-30-31-33(26)17-23-10-7-13-35-23)32(22-8-5-4-6-9-22)16-21-15-20-14-19(3)11-12-24(20)28-27(21)34/h11-12,14-15,18,22-23,25H,4-10,13,16-17H2,1-3H3,(H,28,34)/t23-,25+/m0/s1. The smallest absolute Gasteiger partial charge is 0.252 e. The highest BCUT2D eigenvalue weighted by atomic mass is 16.5. The van der Waals surface area contributed by atoms with Gasteiger partial charge in [-0.3, -0.25) is 9.69 Å². The maximum atomic E-state index is 13.2. The van der Waals surface area contributed by atoms with Crippen LogP contribution in [0.5, 0.6) is 0 Å². The molecule has 1 saturated carbocycles. The lowest BCUT2D eigenvalue weighted by Crippen LogP contribution is -2.43. The molecule has 2 aliphatic rings. The van der Waals surface area contributed by atoms with Gasteiger partial charge in [-0.2, -0.15) is 0 Å². The highest BCUT2D eigenvalue weighted by Gasteiger charge is 2.35. The molecule has 8 nitrogen and oxygen atoms in total. The fourth-order valence-electron chi connectivity index (χ4n) is 5.92. The van der Waals surface area contributed by atoms with Crippen molar-refractivity contribution in [3.8, 4) is 0 Å². The van der Waals surface area contributed by atoms with E-state index < -0.39 is 0 Å². The summed E-state index contributed by atoms with van der Waals surface area (Å²) in [5.41, 5.74) is 2.86. The van der Waals surface area contributed by atoms with Crippen LogP contribution in [0.2, 0.25) is 0 Å². The third-order valence-electron chi connectivity index (χ3n) is 7.69. The van der Waals surface area contributed by atoms with Gasteiger partial charge < -0.3 is 9.72 Å². The predicted octanol–water partition coefficient (Wildman–Crippen LogP) is 4.53. The van der Waals surface area contributed by atoms with E-state index in [9.17, 15) is 4.79 Å². The van der Waals surface area contributed by atoms with Crippen molar-refractivity contribution in [2.45, 2.75) is 97.0 Å². The summed E-state index contributed by atoms with van der Waals surface area (Å²) in [4.78, 5) is 18.8. The maximum Gasteiger partial charge on any atom is 0.252 e. The Morgan fingerprint density at radius 3 is 2.71 bits per heavy atom. The van der Waals surface area contributed by atoms with Crippen LogP contribution < -0.4 is 5.56 Å². The zero-order chi connectivity index (χ0) is 24.4. The molecule has 35 heavy (non-hydrogen) atoms. The van der Waals surface area contributed by atoms with E-state index in [2.05, 4.69) is 58.3 Å². The summed E-state index contributed by atoms with van der Waals surface area (Å²) in [6, 6.07) is 8.66. The fourth-order valence-corrected chi connectivity index (χ4v) is 5.92. The van der Waals surface area contributed by atoms with Crippen molar-refractivity contribution < 1.29 is 4.74 Å². The summed E-state index contributed by atoms with van der Waals surface area (Å²) in [5.74, 6) is 1.17. The third-order valence-corrected chi connectivity index (χ3v) is 7.69. The monoisotopic (exact) mass is 478 g/mol. The highest BCUT2D eigenvalue weighted by Crippen LogP contribution is 2.35. The Bertz CT molecular complexity index is 1190. The highest BCUT2D eigenvalue weighted by molar-refractivity contribution is 5.79. The Hall–Kier alpha value is -2.58. The molecule has 3 aromatic rings. The molecule has 1 aliphatic heterocycles. The molecule has 1 aliphatic carbocycles. The molecular weight excluding hydrogens is 440 g/mol. The largest absolute Gasteiger partial charge is 0.376 e. The van der Waals surface area contributed by atoms with Gasteiger partial charge in [0, 0.05) is 30.3 Å². The topological polar surface area (TPSA) is 88.9 Å². The van der Waals surface area contributed by atoms with Gasteiger partial charge in [0.05, 0.1) is 18.7 Å². The van der Waals surface area contributed by atoms with Crippen LogP contribution in [0, 0.1) is 12.8 Å². The normalized spacial score (nSPS) is 20.3. The first-order chi connectivity index (χ1) is 17.0. The molecule has 3 heterocycles. The summed E-state index contributed by atoms with van der Waals surface area (Å²) < 4.78 is 7.83. The minimum Gasteiger partial charge on any atom is -0.376 e. The molecule has 2 atom stereocenters. The molecule has 1 N–H and O–H groups in total. The summed E-state index contributed by atoms with van der Waals surface area (Å²) in [6.07, 6.45) is 8.31. The zero-order valence-corrected chi connectivity index (χ0v) is 21.2. The molecule has 1 aromatic carbocycles. The number of hydrogen-bond donors (Lipinski definition) is 1. The van der Waals surface area contributed by atoms with Crippen LogP contribution in [-0.2, 0) is 17.8 Å². The van der Waals surface area contributed by atoms with Crippen LogP contribution in [0.25, 0.3) is 10.9 Å². The van der Waals surface area contributed by atoms with Gasteiger partial charge in [0.2, 0.25) is 0 Å². The van der Waals surface area contributed by atoms with Gasteiger partial charge in [0.1, 0.15) is 0 Å². The van der Waals surface area contributed by atoms with E-state index in [-0.39, 0.29) is 23.6 Å². The maximum absolute atomic E-state index is 13.2. The number of fused-ring (bicyclic) bond motifs is 1. The number of aromatic nitrogens is 5. The molecule has 0 radical (unpaired) electrons. The van der Waals surface area contributed by atoms with Crippen LogP contribution in [-0.4, -0.2) is 48.8 Å². The van der Waals surface area contributed by atoms with Crippen LogP contribution in [0.1, 0.15) is 81.8 Å². The van der Waals surface area contributed by atoms with Crippen LogP contribution in [0.15, 0.2) is 29.1 Å². The van der Waals surface area contributed by atoms with Gasteiger partial charge in [0.15, 0.2) is 5.82 Å². The molecule has 0 bridgehead atoms. The number of nitrogens with zero attached hydrogens (tertiary/aromatic N) is 5. The Morgan fingerprint density at radius 1 is 1.14 bits per heavy atom. The first-order valence-electron chi connectivity index (χ1n) is 13.3. The van der Waals surface area contributed by atoms with Crippen molar-refractivity contribution in [3.63, 3.8) is 0 Å². The minimum atomic E-state index is -0.0105. The molecule has 0 unspecified atom stereocenters. The van der Waals surface area contributed by atoms with Crippen molar-refractivity contribution >= 4 is 10.9 Å². The van der Waals surface area contributed by atoms with E-state index in [0.29, 0.717) is 19.1 Å². The third kappa shape index (κ3) is 5.33. The van der Waals surface area contributed by atoms with Crippen molar-refractivity contribution in [2.24, 2.45) is 5.92 Å². The Balaban J connectivity index is 1.52. The number of nitrogens with one attached hydrogen (secondary N) is 1. The Morgan fingerprint density at radius 2 is 1.97 bits per heavy atom. The number of aryl methyl sites for hydroxylation is 1. The lowest BCUT2D eigenvalue weighted by molar-refractivity contribution is 0.0553. The summed E-state index contributed by atoms with van der Waals surface area (Å²) >= 11 is 0. The Labute approximate surface area is 207 Å². The number of aromatic amines is 1. The zero-order valence-electron chi connectivity index (χ0n) is 21.2. The second-order valence-corrected chi connectivity index (χ2v) is 10.7. The van der Waals surface area contributed by atoms with Crippen molar-refractivity contribution in [2.75, 3.05) is 6.61 Å². The second-order valence-electron chi connectivity index (χ2n) is 10.7.